The SMILES string of the molecule is C#Cc1ccc(O)cc1N. The quantitative estimate of drug-likeness (QED) is 0.409. The minimum atomic E-state index is 0.136. The summed E-state index contributed by atoms with van der Waals surface area (Å²) in [5.74, 6) is 2.52. The number of hydrogen-bond donors (Lipinski definition) is 2. The zero-order valence-electron chi connectivity index (χ0n) is 5.33. The minimum absolute atomic E-state index is 0.136. The maximum Gasteiger partial charge on any atom is 0.117 e. The highest BCUT2D eigenvalue weighted by atomic mass is 16.3. The monoisotopic (exact) mass is 133 g/mol. The molecule has 0 atom stereocenters. The van der Waals surface area contributed by atoms with E-state index in [9.17, 15) is 0 Å². The Morgan fingerprint density at radius 2 is 2.20 bits per heavy atom. The number of phenolic OH excluding ortho intramolecular Hbond substituents is 1. The normalized spacial score (nSPS) is 8.70. The highest BCUT2D eigenvalue weighted by Gasteiger charge is 1.94. The van der Waals surface area contributed by atoms with Crippen LogP contribution in [0.15, 0.2) is 18.2 Å². The minimum Gasteiger partial charge on any atom is -0.508 e. The van der Waals surface area contributed by atoms with E-state index in [1.165, 1.54) is 12.1 Å². The fourth-order valence-electron chi connectivity index (χ4n) is 0.682. The fourth-order valence-corrected chi connectivity index (χ4v) is 0.682. The van der Waals surface area contributed by atoms with Gasteiger partial charge in [-0.25, -0.2) is 0 Å². The summed E-state index contributed by atoms with van der Waals surface area (Å²) in [6.45, 7) is 0. The second-order valence-corrected chi connectivity index (χ2v) is 1.92. The molecule has 0 aliphatic rings. The summed E-state index contributed by atoms with van der Waals surface area (Å²) in [5, 5.41) is 8.88. The molecule has 2 heteroatoms. The molecule has 0 bridgehead atoms. The van der Waals surface area contributed by atoms with Crippen LogP contribution >= 0.6 is 0 Å². The zero-order chi connectivity index (χ0) is 7.56. The number of nitrogens with two attached hydrogens (primary N) is 1. The molecule has 0 saturated carbocycles. The number of rotatable bonds is 0. The lowest BCUT2D eigenvalue weighted by Crippen LogP contribution is -1.88. The van der Waals surface area contributed by atoms with Crippen LogP contribution in [0.1, 0.15) is 5.56 Å². The van der Waals surface area contributed by atoms with Gasteiger partial charge < -0.3 is 10.8 Å². The Hall–Kier alpha value is -1.62. The third-order valence-corrected chi connectivity index (χ3v) is 1.19. The number of terminal acetylenes is 1. The molecule has 1 aromatic rings. The Morgan fingerprint density at radius 3 is 2.70 bits per heavy atom. The van der Waals surface area contributed by atoms with Crippen LogP contribution in [0.5, 0.6) is 5.75 Å². The van der Waals surface area contributed by atoms with Gasteiger partial charge in [0.2, 0.25) is 0 Å². The maximum absolute atomic E-state index is 8.88. The van der Waals surface area contributed by atoms with E-state index in [1.807, 2.05) is 0 Å². The second kappa shape index (κ2) is 2.32. The van der Waals surface area contributed by atoms with Crippen molar-refractivity contribution in [2.24, 2.45) is 0 Å². The number of nitrogen functional groups attached to an aromatic ring is 1. The average Bonchev–Trinajstić information content (AvgIpc) is 1.88. The molecule has 1 aromatic carbocycles. The molecule has 0 radical (unpaired) electrons. The summed E-state index contributed by atoms with van der Waals surface area (Å²) in [6, 6.07) is 4.53. The number of aromatic hydroxyl groups is 1. The van der Waals surface area contributed by atoms with Crippen LogP contribution in [0.25, 0.3) is 0 Å². The van der Waals surface area contributed by atoms with Crippen LogP contribution in [-0.4, -0.2) is 5.11 Å². The Labute approximate surface area is 59.3 Å². The summed E-state index contributed by atoms with van der Waals surface area (Å²) >= 11 is 0. The van der Waals surface area contributed by atoms with E-state index in [4.69, 9.17) is 17.3 Å². The maximum atomic E-state index is 8.88. The van der Waals surface area contributed by atoms with Gasteiger partial charge in [0.1, 0.15) is 5.75 Å². The van der Waals surface area contributed by atoms with Crippen molar-refractivity contribution >= 4 is 5.69 Å². The van der Waals surface area contributed by atoms with Gasteiger partial charge in [0.25, 0.3) is 0 Å². The van der Waals surface area contributed by atoms with Crippen LogP contribution in [0.3, 0.4) is 0 Å². The Morgan fingerprint density at radius 1 is 1.50 bits per heavy atom. The predicted molar refractivity (Wildman–Crippen MR) is 40.5 cm³/mol. The van der Waals surface area contributed by atoms with Crippen molar-refractivity contribution in [3.05, 3.63) is 23.8 Å². The molecule has 0 spiro atoms. The van der Waals surface area contributed by atoms with Gasteiger partial charge in [-0.3, -0.25) is 0 Å². The van der Waals surface area contributed by atoms with E-state index in [0.29, 0.717) is 11.3 Å². The van der Waals surface area contributed by atoms with Crippen molar-refractivity contribution in [2.45, 2.75) is 0 Å². The standard InChI is InChI=1S/C8H7NO/c1-2-6-3-4-7(10)5-8(6)9/h1,3-5,10H,9H2. The first-order valence-electron chi connectivity index (χ1n) is 2.79. The fraction of sp³-hybridized carbons (Fsp3) is 0. The zero-order valence-corrected chi connectivity index (χ0v) is 5.33. The molecule has 0 aliphatic heterocycles. The van der Waals surface area contributed by atoms with Crippen molar-refractivity contribution < 1.29 is 5.11 Å². The number of phenols is 1. The summed E-state index contributed by atoms with van der Waals surface area (Å²) in [7, 11) is 0. The first-order chi connectivity index (χ1) is 4.74. The lowest BCUT2D eigenvalue weighted by atomic mass is 10.2. The molecule has 0 heterocycles. The van der Waals surface area contributed by atoms with E-state index >= 15 is 0 Å². The van der Waals surface area contributed by atoms with Crippen molar-refractivity contribution in [2.75, 3.05) is 5.73 Å². The molecule has 3 N–H and O–H groups in total. The second-order valence-electron chi connectivity index (χ2n) is 1.92. The molecule has 0 unspecified atom stereocenters. The number of benzene rings is 1. The van der Waals surface area contributed by atoms with Crippen LogP contribution in [0.4, 0.5) is 5.69 Å². The van der Waals surface area contributed by atoms with Gasteiger partial charge in [-0.05, 0) is 12.1 Å². The van der Waals surface area contributed by atoms with Crippen LogP contribution in [0, 0.1) is 12.3 Å². The predicted octanol–water partition coefficient (Wildman–Crippen LogP) is 0.956. The molecule has 50 valence electrons. The third-order valence-electron chi connectivity index (χ3n) is 1.19. The Kier molecular flexibility index (Phi) is 1.51. The number of hydrogen-bond acceptors (Lipinski definition) is 2. The molecular weight excluding hydrogens is 126 g/mol. The molecule has 1 rings (SSSR count). The summed E-state index contributed by atoms with van der Waals surface area (Å²) in [6.07, 6.45) is 5.09. The first-order valence-corrected chi connectivity index (χ1v) is 2.79. The van der Waals surface area contributed by atoms with Crippen molar-refractivity contribution in [1.29, 1.82) is 0 Å². The molecule has 0 aliphatic carbocycles. The molecule has 0 aromatic heterocycles. The van der Waals surface area contributed by atoms with E-state index in [1.54, 1.807) is 6.07 Å². The smallest absolute Gasteiger partial charge is 0.117 e. The highest BCUT2D eigenvalue weighted by molar-refractivity contribution is 5.57. The van der Waals surface area contributed by atoms with Gasteiger partial charge in [-0.1, -0.05) is 5.92 Å². The van der Waals surface area contributed by atoms with Gasteiger partial charge in [-0.15, -0.1) is 6.42 Å². The van der Waals surface area contributed by atoms with Crippen molar-refractivity contribution in [1.82, 2.24) is 0 Å². The number of anilines is 1. The lowest BCUT2D eigenvalue weighted by molar-refractivity contribution is 0.475. The van der Waals surface area contributed by atoms with Crippen LogP contribution < -0.4 is 5.73 Å². The van der Waals surface area contributed by atoms with Gasteiger partial charge in [-0.2, -0.15) is 0 Å². The van der Waals surface area contributed by atoms with Gasteiger partial charge in [0.15, 0.2) is 0 Å². The van der Waals surface area contributed by atoms with Crippen LogP contribution in [-0.2, 0) is 0 Å². The molecule has 10 heavy (non-hydrogen) atoms. The molecule has 0 fully saturated rings. The topological polar surface area (TPSA) is 46.2 Å². The average molecular weight is 133 g/mol. The Balaban J connectivity index is 3.23. The van der Waals surface area contributed by atoms with E-state index < -0.39 is 0 Å². The summed E-state index contributed by atoms with van der Waals surface area (Å²) < 4.78 is 0. The Bertz CT molecular complexity index is 286. The van der Waals surface area contributed by atoms with Crippen molar-refractivity contribution in [3.63, 3.8) is 0 Å². The third kappa shape index (κ3) is 1.03. The van der Waals surface area contributed by atoms with Gasteiger partial charge in [0.05, 0.1) is 5.69 Å². The van der Waals surface area contributed by atoms with E-state index in [2.05, 4.69) is 5.92 Å². The van der Waals surface area contributed by atoms with E-state index in [0.717, 1.165) is 0 Å². The van der Waals surface area contributed by atoms with Gasteiger partial charge >= 0.3 is 0 Å². The molecule has 0 amide bonds. The van der Waals surface area contributed by atoms with Gasteiger partial charge in [0, 0.05) is 11.6 Å². The first kappa shape index (κ1) is 6.50. The highest BCUT2D eigenvalue weighted by Crippen LogP contribution is 2.16. The molecule has 2 nitrogen and oxygen atoms in total. The summed E-state index contributed by atoms with van der Waals surface area (Å²) in [4.78, 5) is 0. The van der Waals surface area contributed by atoms with E-state index in [-0.39, 0.29) is 5.75 Å². The van der Waals surface area contributed by atoms with Crippen molar-refractivity contribution in [3.8, 4) is 18.1 Å². The summed E-state index contributed by atoms with van der Waals surface area (Å²) in [5.41, 5.74) is 6.47. The lowest BCUT2D eigenvalue weighted by Gasteiger charge is -1.96. The van der Waals surface area contributed by atoms with Crippen LogP contribution in [0.2, 0.25) is 0 Å². The molecule has 0 saturated heterocycles. The molecular formula is C8H7NO. The largest absolute Gasteiger partial charge is 0.508 e.